The summed E-state index contributed by atoms with van der Waals surface area (Å²) >= 11 is 0. The van der Waals surface area contributed by atoms with Gasteiger partial charge >= 0.3 is 12.2 Å². The zero-order valence-corrected chi connectivity index (χ0v) is 31.2. The highest BCUT2D eigenvalue weighted by molar-refractivity contribution is 6.11. The van der Waals surface area contributed by atoms with Crippen LogP contribution in [0.4, 0.5) is 21.0 Å². The van der Waals surface area contributed by atoms with E-state index in [1.165, 1.54) is 0 Å². The smallest absolute Gasteiger partial charge is 0.409 e. The molecular formula is C42H46N6O6. The Morgan fingerprint density at radius 2 is 1.04 bits per heavy atom. The van der Waals surface area contributed by atoms with Gasteiger partial charge in [0.05, 0.1) is 22.8 Å². The first-order chi connectivity index (χ1) is 25.8. The fourth-order valence-electron chi connectivity index (χ4n) is 13.4. The SMILES string of the molecule is CC1(C)C2=Nc3ccccc3[C@@]23C[C@@]2(NC(=O)O3)C(=O)N3CCC[C@@H]3C[C@H]12.CC1(C)C2=Nc3ccccc3[C@@]23C[C@@]2(NC(=O)O3)C(=O)N3CCC[C@@H]3C[C@H]12. The number of ether oxygens (including phenoxy) is 2. The minimum absolute atomic E-state index is 0.0193. The molecule has 2 aromatic rings. The van der Waals surface area contributed by atoms with E-state index in [2.05, 4.69) is 38.3 Å². The van der Waals surface area contributed by atoms with E-state index in [0.29, 0.717) is 12.8 Å². The van der Waals surface area contributed by atoms with Gasteiger partial charge in [0.25, 0.3) is 0 Å². The van der Waals surface area contributed by atoms with E-state index in [-0.39, 0.29) is 46.6 Å². The molecule has 6 saturated heterocycles. The molecule has 54 heavy (non-hydrogen) atoms. The number of hydrogen-bond donors (Lipinski definition) is 2. The van der Waals surface area contributed by atoms with Crippen molar-refractivity contribution in [3.63, 3.8) is 0 Å². The predicted molar refractivity (Wildman–Crippen MR) is 198 cm³/mol. The number of para-hydroxylation sites is 2. The Hall–Kier alpha value is -4.74. The Kier molecular flexibility index (Phi) is 6.12. The van der Waals surface area contributed by atoms with Crippen molar-refractivity contribution in [3.8, 4) is 0 Å². The van der Waals surface area contributed by atoms with Crippen molar-refractivity contribution in [1.29, 1.82) is 0 Å². The topological polar surface area (TPSA) is 142 Å². The third kappa shape index (κ3) is 3.70. The first kappa shape index (κ1) is 32.7. The lowest BCUT2D eigenvalue weighted by Crippen LogP contribution is -2.79. The largest absolute Gasteiger partial charge is 0.432 e. The van der Waals surface area contributed by atoms with Crippen LogP contribution in [0.3, 0.4) is 0 Å². The van der Waals surface area contributed by atoms with Gasteiger partial charge in [0.15, 0.2) is 11.2 Å². The first-order valence-electron chi connectivity index (χ1n) is 19.8. The van der Waals surface area contributed by atoms with Gasteiger partial charge in [0.1, 0.15) is 11.1 Å². The molecule has 8 fully saturated rings. The molecule has 8 atom stereocenters. The maximum Gasteiger partial charge on any atom is 0.409 e. The molecule has 12 nitrogen and oxygen atoms in total. The van der Waals surface area contributed by atoms with E-state index in [0.717, 1.165) is 85.5 Å². The van der Waals surface area contributed by atoms with Crippen LogP contribution in [0, 0.1) is 22.7 Å². The predicted octanol–water partition coefficient (Wildman–Crippen LogP) is 5.77. The summed E-state index contributed by atoms with van der Waals surface area (Å²) in [6.07, 6.45) is 5.88. The summed E-state index contributed by atoms with van der Waals surface area (Å²) in [5.41, 5.74) is 0.985. The second kappa shape index (κ2) is 10.1. The van der Waals surface area contributed by atoms with E-state index in [1.807, 2.05) is 58.3 Å². The summed E-state index contributed by atoms with van der Waals surface area (Å²) in [4.78, 5) is 66.9. The molecule has 8 heterocycles. The van der Waals surface area contributed by atoms with Crippen molar-refractivity contribution in [2.24, 2.45) is 32.7 Å². The molecule has 280 valence electrons. The van der Waals surface area contributed by atoms with E-state index in [9.17, 15) is 19.2 Å². The Balaban J connectivity index is 0.000000126. The number of amides is 4. The third-order valence-corrected chi connectivity index (χ3v) is 15.4. The third-order valence-electron chi connectivity index (χ3n) is 15.4. The number of carbonyl (C=O) groups excluding carboxylic acids is 4. The summed E-state index contributed by atoms with van der Waals surface area (Å²) in [5.74, 6) is 0.194. The maximum atomic E-state index is 13.7. The minimum atomic E-state index is -0.929. The molecule has 2 aromatic carbocycles. The summed E-state index contributed by atoms with van der Waals surface area (Å²) in [6.45, 7) is 10.3. The second-order valence-corrected chi connectivity index (χ2v) is 18.5. The second-order valence-electron chi connectivity index (χ2n) is 18.5. The lowest BCUT2D eigenvalue weighted by molar-refractivity contribution is -0.163. The van der Waals surface area contributed by atoms with E-state index >= 15 is 0 Å². The molecule has 12 rings (SSSR count). The van der Waals surface area contributed by atoms with Gasteiger partial charge in [0, 0.05) is 71.8 Å². The van der Waals surface area contributed by atoms with Gasteiger partial charge in [0.2, 0.25) is 11.8 Å². The number of aliphatic imine (C=N–C) groups is 2. The van der Waals surface area contributed by atoms with Crippen molar-refractivity contribution in [2.75, 3.05) is 13.1 Å². The normalized spacial score (nSPS) is 40.2. The molecule has 10 aliphatic rings. The molecule has 4 bridgehead atoms. The maximum absolute atomic E-state index is 13.7. The molecule has 12 heteroatoms. The van der Waals surface area contributed by atoms with Gasteiger partial charge < -0.3 is 29.9 Å². The molecule has 4 spiro atoms. The van der Waals surface area contributed by atoms with Crippen LogP contribution in [0.15, 0.2) is 58.5 Å². The van der Waals surface area contributed by atoms with Crippen LogP contribution in [-0.4, -0.2) is 81.5 Å². The number of piperidine rings is 2. The summed E-state index contributed by atoms with van der Waals surface area (Å²) in [5, 5.41) is 6.02. The van der Waals surface area contributed by atoms with Gasteiger partial charge in [-0.05, 0) is 50.7 Å². The Bertz CT molecular complexity index is 2030. The molecule has 2 saturated carbocycles. The van der Waals surface area contributed by atoms with Crippen molar-refractivity contribution in [1.82, 2.24) is 20.4 Å². The van der Waals surface area contributed by atoms with Gasteiger partial charge in [-0.15, -0.1) is 0 Å². The minimum Gasteiger partial charge on any atom is -0.432 e. The molecular weight excluding hydrogens is 684 g/mol. The van der Waals surface area contributed by atoms with Crippen LogP contribution in [0.2, 0.25) is 0 Å². The van der Waals surface area contributed by atoms with Crippen LogP contribution >= 0.6 is 0 Å². The zero-order valence-electron chi connectivity index (χ0n) is 31.2. The average Bonchev–Trinajstić information content (AvgIpc) is 3.93. The molecule has 0 radical (unpaired) electrons. The molecule has 4 amide bonds. The lowest BCUT2D eigenvalue weighted by Gasteiger charge is -2.62. The summed E-state index contributed by atoms with van der Waals surface area (Å²) < 4.78 is 12.0. The van der Waals surface area contributed by atoms with Gasteiger partial charge in [-0.2, -0.15) is 0 Å². The Labute approximate surface area is 314 Å². The Morgan fingerprint density at radius 3 is 1.46 bits per heavy atom. The first-order valence-corrected chi connectivity index (χ1v) is 19.8. The average molecular weight is 731 g/mol. The van der Waals surface area contributed by atoms with Crippen LogP contribution in [0.5, 0.6) is 0 Å². The standard InChI is InChI=1S/2C21H23N3O3/c2*1-19(2)15-10-12-6-5-9-24(12)17(25)20(15)11-21(27-18(26)23-20)13-7-3-4-8-14(13)22-16(19)21/h2*3-4,7-8,12,15H,5-6,9-11H2,1-2H3,(H,23,26)/t2*12-,15-,20+,21+/m11/s1. The number of carbonyl (C=O) groups is 4. The van der Waals surface area contributed by atoms with E-state index in [4.69, 9.17) is 19.5 Å². The van der Waals surface area contributed by atoms with Crippen LogP contribution < -0.4 is 10.6 Å². The Morgan fingerprint density at radius 1 is 0.630 bits per heavy atom. The quantitative estimate of drug-likeness (QED) is 0.353. The number of benzene rings is 2. The van der Waals surface area contributed by atoms with Crippen LogP contribution in [-0.2, 0) is 30.3 Å². The van der Waals surface area contributed by atoms with Crippen LogP contribution in [0.25, 0.3) is 0 Å². The zero-order chi connectivity index (χ0) is 37.2. The number of nitrogens with one attached hydrogen (secondary N) is 2. The summed E-state index contributed by atoms with van der Waals surface area (Å²) in [7, 11) is 0. The molecule has 0 aromatic heterocycles. The van der Waals surface area contributed by atoms with Gasteiger partial charge in [-0.25, -0.2) is 9.59 Å². The number of alkyl carbamates (subject to hydrolysis) is 2. The van der Waals surface area contributed by atoms with Crippen molar-refractivity contribution in [2.45, 2.75) is 113 Å². The summed E-state index contributed by atoms with van der Waals surface area (Å²) in [6, 6.07) is 16.3. The highest BCUT2D eigenvalue weighted by Gasteiger charge is 2.75. The lowest BCUT2D eigenvalue weighted by atomic mass is 9.50. The molecule has 0 unspecified atom stereocenters. The van der Waals surface area contributed by atoms with Crippen molar-refractivity contribution in [3.05, 3.63) is 59.7 Å². The molecule has 2 aliphatic carbocycles. The van der Waals surface area contributed by atoms with Gasteiger partial charge in [-0.1, -0.05) is 64.1 Å². The van der Waals surface area contributed by atoms with Crippen molar-refractivity contribution < 1.29 is 28.7 Å². The highest BCUT2D eigenvalue weighted by atomic mass is 16.6. The van der Waals surface area contributed by atoms with E-state index in [1.54, 1.807) is 0 Å². The monoisotopic (exact) mass is 730 g/mol. The van der Waals surface area contributed by atoms with Crippen LogP contribution in [0.1, 0.15) is 90.2 Å². The molecule has 2 N–H and O–H groups in total. The highest BCUT2D eigenvalue weighted by Crippen LogP contribution is 2.65. The van der Waals surface area contributed by atoms with Crippen molar-refractivity contribution >= 4 is 46.8 Å². The number of fused-ring (bicyclic) bond motifs is 4. The van der Waals surface area contributed by atoms with E-state index < -0.39 is 34.5 Å². The number of hydrogen-bond acceptors (Lipinski definition) is 8. The number of nitrogens with zero attached hydrogens (tertiary/aromatic N) is 4. The molecule has 8 aliphatic heterocycles. The van der Waals surface area contributed by atoms with Gasteiger partial charge in [-0.3, -0.25) is 19.6 Å². The fraction of sp³-hybridized carbons (Fsp3) is 0.571. The fourth-order valence-corrected chi connectivity index (χ4v) is 13.4. The number of rotatable bonds is 0.